The molecule has 0 N–H and O–H groups in total. The molecule has 0 saturated carbocycles. The summed E-state index contributed by atoms with van der Waals surface area (Å²) >= 11 is 1.35. The van der Waals surface area contributed by atoms with Crippen molar-refractivity contribution in [3.63, 3.8) is 0 Å². The van der Waals surface area contributed by atoms with Crippen LogP contribution < -0.4 is 5.56 Å². The number of hydrogen-bond acceptors (Lipinski definition) is 6. The Kier molecular flexibility index (Phi) is 3.34. The van der Waals surface area contributed by atoms with Crippen LogP contribution in [0.15, 0.2) is 32.9 Å². The number of aromatic nitrogens is 2. The number of furan rings is 1. The highest BCUT2D eigenvalue weighted by atomic mass is 32.1. The highest BCUT2D eigenvalue weighted by Crippen LogP contribution is 2.15. The van der Waals surface area contributed by atoms with Crippen LogP contribution in [0.3, 0.4) is 0 Å². The van der Waals surface area contributed by atoms with Crippen LogP contribution in [0.4, 0.5) is 0 Å². The third kappa shape index (κ3) is 2.59. The van der Waals surface area contributed by atoms with Crippen molar-refractivity contribution >= 4 is 22.3 Å². The van der Waals surface area contributed by atoms with Crippen molar-refractivity contribution < 1.29 is 13.9 Å². The largest absolute Gasteiger partial charge is 0.466 e. The van der Waals surface area contributed by atoms with Crippen LogP contribution in [0.25, 0.3) is 4.96 Å². The van der Waals surface area contributed by atoms with Crippen molar-refractivity contribution in [2.45, 2.75) is 20.5 Å². The lowest BCUT2D eigenvalue weighted by Gasteiger charge is -2.03. The predicted octanol–water partition coefficient (Wildman–Crippen LogP) is 2.32. The van der Waals surface area contributed by atoms with Gasteiger partial charge in [0.15, 0.2) is 4.96 Å². The third-order valence-corrected chi connectivity index (χ3v) is 3.72. The molecule has 0 amide bonds. The molecule has 108 valence electrons. The first-order chi connectivity index (χ1) is 10.0. The van der Waals surface area contributed by atoms with Gasteiger partial charge in [-0.2, -0.15) is 0 Å². The average molecular weight is 304 g/mol. The molecule has 21 heavy (non-hydrogen) atoms. The average Bonchev–Trinajstić information content (AvgIpc) is 3.02. The van der Waals surface area contributed by atoms with Crippen molar-refractivity contribution in [3.05, 3.63) is 56.8 Å². The minimum Gasteiger partial charge on any atom is -0.466 e. The maximum Gasteiger partial charge on any atom is 0.342 e. The molecule has 0 aliphatic carbocycles. The third-order valence-electron chi connectivity index (χ3n) is 2.97. The Morgan fingerprint density at radius 3 is 2.95 bits per heavy atom. The molecule has 0 bridgehead atoms. The highest BCUT2D eigenvalue weighted by molar-refractivity contribution is 7.15. The van der Waals surface area contributed by atoms with E-state index in [1.54, 1.807) is 31.5 Å². The van der Waals surface area contributed by atoms with E-state index in [1.165, 1.54) is 21.8 Å². The Morgan fingerprint density at radius 2 is 2.24 bits per heavy atom. The van der Waals surface area contributed by atoms with Crippen molar-refractivity contribution in [1.29, 1.82) is 0 Å². The van der Waals surface area contributed by atoms with E-state index in [4.69, 9.17) is 9.15 Å². The van der Waals surface area contributed by atoms with Gasteiger partial charge in [-0.1, -0.05) is 0 Å². The first kappa shape index (κ1) is 13.6. The van der Waals surface area contributed by atoms with Gasteiger partial charge in [0.05, 0.1) is 5.69 Å². The van der Waals surface area contributed by atoms with Gasteiger partial charge in [-0.15, -0.1) is 11.3 Å². The van der Waals surface area contributed by atoms with Gasteiger partial charge in [-0.3, -0.25) is 9.20 Å². The summed E-state index contributed by atoms with van der Waals surface area (Å²) in [5, 5.41) is 1.77. The number of thiazole rings is 1. The zero-order valence-electron chi connectivity index (χ0n) is 11.5. The SMILES string of the molecule is Cc1cc(C(=O)OCc2cc(=O)n3ccsc3n2)c(C)o1. The van der Waals surface area contributed by atoms with Crippen LogP contribution >= 0.6 is 11.3 Å². The molecule has 0 fully saturated rings. The molecule has 3 aromatic heterocycles. The summed E-state index contributed by atoms with van der Waals surface area (Å²) in [6.45, 7) is 3.41. The second-order valence-corrected chi connectivity index (χ2v) is 5.42. The van der Waals surface area contributed by atoms with Crippen molar-refractivity contribution in [2.75, 3.05) is 0 Å². The molecule has 3 rings (SSSR count). The second-order valence-electron chi connectivity index (χ2n) is 4.54. The van der Waals surface area contributed by atoms with Gasteiger partial charge in [0.1, 0.15) is 23.7 Å². The Morgan fingerprint density at radius 1 is 1.43 bits per heavy atom. The number of ether oxygens (including phenoxy) is 1. The molecule has 0 unspecified atom stereocenters. The molecule has 0 radical (unpaired) electrons. The number of carbonyl (C=O) groups excluding carboxylic acids is 1. The van der Waals surface area contributed by atoms with Crippen molar-refractivity contribution in [2.24, 2.45) is 0 Å². The fourth-order valence-electron chi connectivity index (χ4n) is 2.01. The van der Waals surface area contributed by atoms with E-state index in [9.17, 15) is 9.59 Å². The van der Waals surface area contributed by atoms with Gasteiger partial charge >= 0.3 is 5.97 Å². The van der Waals surface area contributed by atoms with E-state index in [0.29, 0.717) is 27.7 Å². The normalized spacial score (nSPS) is 11.0. The fraction of sp³-hybridized carbons (Fsp3) is 0.214. The second kappa shape index (κ2) is 5.17. The van der Waals surface area contributed by atoms with Crippen LogP contribution in [0, 0.1) is 13.8 Å². The number of rotatable bonds is 3. The lowest BCUT2D eigenvalue weighted by atomic mass is 10.2. The monoisotopic (exact) mass is 304 g/mol. The summed E-state index contributed by atoms with van der Waals surface area (Å²) in [6, 6.07) is 2.99. The Bertz CT molecular complexity index is 875. The van der Waals surface area contributed by atoms with Crippen LogP contribution in [0.2, 0.25) is 0 Å². The van der Waals surface area contributed by atoms with Gasteiger partial charge in [0.25, 0.3) is 5.56 Å². The van der Waals surface area contributed by atoms with E-state index in [0.717, 1.165) is 0 Å². The molecule has 3 heterocycles. The first-order valence-electron chi connectivity index (χ1n) is 6.24. The zero-order chi connectivity index (χ0) is 15.0. The summed E-state index contributed by atoms with van der Waals surface area (Å²) < 4.78 is 11.9. The molecule has 0 aliphatic rings. The molecule has 0 atom stereocenters. The summed E-state index contributed by atoms with van der Waals surface area (Å²) in [7, 11) is 0. The smallest absolute Gasteiger partial charge is 0.342 e. The number of aryl methyl sites for hydroxylation is 2. The van der Waals surface area contributed by atoms with E-state index >= 15 is 0 Å². The standard InChI is InChI=1S/C14H12N2O4S/c1-8-5-11(9(2)20-8)13(18)19-7-10-6-12(17)16-3-4-21-14(16)15-10/h3-6H,7H2,1-2H3. The lowest BCUT2D eigenvalue weighted by Crippen LogP contribution is -2.14. The molecule has 0 aromatic carbocycles. The van der Waals surface area contributed by atoms with Crippen LogP contribution in [-0.2, 0) is 11.3 Å². The summed E-state index contributed by atoms with van der Waals surface area (Å²) in [5.74, 6) is 0.674. The topological polar surface area (TPSA) is 73.8 Å². The van der Waals surface area contributed by atoms with Gasteiger partial charge in [-0.25, -0.2) is 9.78 Å². The first-order valence-corrected chi connectivity index (χ1v) is 7.12. The molecular weight excluding hydrogens is 292 g/mol. The van der Waals surface area contributed by atoms with Crippen LogP contribution in [0.1, 0.15) is 27.6 Å². The van der Waals surface area contributed by atoms with Gasteiger partial charge in [0.2, 0.25) is 0 Å². The number of nitrogens with zero attached hydrogens (tertiary/aromatic N) is 2. The van der Waals surface area contributed by atoms with Gasteiger partial charge < -0.3 is 9.15 Å². The number of esters is 1. The van der Waals surface area contributed by atoms with Gasteiger partial charge in [-0.05, 0) is 19.9 Å². The minimum absolute atomic E-state index is 0.0495. The quantitative estimate of drug-likeness (QED) is 0.694. The van der Waals surface area contributed by atoms with E-state index < -0.39 is 5.97 Å². The molecule has 7 heteroatoms. The van der Waals surface area contributed by atoms with E-state index in [1.807, 2.05) is 0 Å². The zero-order valence-corrected chi connectivity index (χ0v) is 12.3. The summed E-state index contributed by atoms with van der Waals surface area (Å²) in [4.78, 5) is 28.6. The molecule has 0 spiro atoms. The lowest BCUT2D eigenvalue weighted by molar-refractivity contribution is 0.0466. The Hall–Kier alpha value is -2.41. The Balaban J connectivity index is 1.78. The van der Waals surface area contributed by atoms with E-state index in [2.05, 4.69) is 4.98 Å². The molecule has 6 nitrogen and oxygen atoms in total. The fourth-order valence-corrected chi connectivity index (χ4v) is 2.75. The predicted molar refractivity (Wildman–Crippen MR) is 76.6 cm³/mol. The van der Waals surface area contributed by atoms with Crippen LogP contribution in [-0.4, -0.2) is 15.4 Å². The molecule has 0 aliphatic heterocycles. The van der Waals surface area contributed by atoms with Crippen molar-refractivity contribution in [1.82, 2.24) is 9.38 Å². The molecule has 0 saturated heterocycles. The maximum atomic E-state index is 12.0. The number of fused-ring (bicyclic) bond motifs is 1. The summed E-state index contributed by atoms with van der Waals surface area (Å²) in [5.41, 5.74) is 0.623. The molecular formula is C14H12N2O4S. The highest BCUT2D eigenvalue weighted by Gasteiger charge is 2.15. The van der Waals surface area contributed by atoms with Crippen LogP contribution in [0.5, 0.6) is 0 Å². The maximum absolute atomic E-state index is 12.0. The molecule has 3 aromatic rings. The summed E-state index contributed by atoms with van der Waals surface area (Å²) in [6.07, 6.45) is 1.66. The van der Waals surface area contributed by atoms with Gasteiger partial charge in [0, 0.05) is 17.6 Å². The Labute approximate surface area is 123 Å². The van der Waals surface area contributed by atoms with Crippen molar-refractivity contribution in [3.8, 4) is 0 Å². The van der Waals surface area contributed by atoms with E-state index in [-0.39, 0.29) is 12.2 Å². The minimum atomic E-state index is -0.488. The number of carbonyl (C=O) groups is 1. The number of hydrogen-bond donors (Lipinski definition) is 0.